The molecule has 3 amide bonds. The summed E-state index contributed by atoms with van der Waals surface area (Å²) in [6.45, 7) is 10.0. The number of nitrogens with one attached hydrogen (secondary N) is 1. The summed E-state index contributed by atoms with van der Waals surface area (Å²) in [4.78, 5) is 29.6. The van der Waals surface area contributed by atoms with Crippen molar-refractivity contribution in [2.45, 2.75) is 47.1 Å². The molecule has 30 heavy (non-hydrogen) atoms. The molecule has 0 radical (unpaired) electrons. The molecule has 0 aliphatic rings. The van der Waals surface area contributed by atoms with Crippen LogP contribution in [0.3, 0.4) is 0 Å². The number of carbonyl (C=O) groups excluding carboxylic acids is 2. The first-order chi connectivity index (χ1) is 14.3. The molecule has 6 nitrogen and oxygen atoms in total. The Balaban J connectivity index is 2.11. The van der Waals surface area contributed by atoms with E-state index in [0.717, 1.165) is 29.8 Å². The second-order valence-electron chi connectivity index (χ2n) is 8.35. The van der Waals surface area contributed by atoms with Gasteiger partial charge in [0.25, 0.3) is 0 Å². The zero-order chi connectivity index (χ0) is 22.1. The van der Waals surface area contributed by atoms with Gasteiger partial charge in [0.2, 0.25) is 5.91 Å². The van der Waals surface area contributed by atoms with Crippen molar-refractivity contribution in [1.29, 1.82) is 0 Å². The van der Waals surface area contributed by atoms with Gasteiger partial charge in [0.1, 0.15) is 6.54 Å². The van der Waals surface area contributed by atoms with Gasteiger partial charge in [0.15, 0.2) is 0 Å². The first kappa shape index (κ1) is 23.5. The maximum atomic E-state index is 13.2. The van der Waals surface area contributed by atoms with Gasteiger partial charge in [-0.15, -0.1) is 0 Å². The normalized spacial score (nSPS) is 10.9. The van der Waals surface area contributed by atoms with Gasteiger partial charge in [-0.3, -0.25) is 4.79 Å². The summed E-state index contributed by atoms with van der Waals surface area (Å²) in [5.41, 5.74) is 2.90. The van der Waals surface area contributed by atoms with Crippen molar-refractivity contribution in [1.82, 2.24) is 14.4 Å². The fourth-order valence-corrected chi connectivity index (χ4v) is 3.35. The number of urea groups is 1. The van der Waals surface area contributed by atoms with Gasteiger partial charge >= 0.3 is 6.03 Å². The van der Waals surface area contributed by atoms with E-state index in [4.69, 9.17) is 0 Å². The number of nitrogens with zero attached hydrogens (tertiary/aromatic N) is 3. The highest BCUT2D eigenvalue weighted by Gasteiger charge is 2.22. The van der Waals surface area contributed by atoms with Crippen LogP contribution in [0.15, 0.2) is 42.6 Å². The molecule has 1 aromatic carbocycles. The second-order valence-corrected chi connectivity index (χ2v) is 8.35. The number of hydrogen-bond donors (Lipinski definition) is 1. The summed E-state index contributed by atoms with van der Waals surface area (Å²) in [6.07, 6.45) is 3.94. The van der Waals surface area contributed by atoms with E-state index in [1.54, 1.807) is 4.90 Å². The minimum atomic E-state index is -0.239. The first-order valence-electron chi connectivity index (χ1n) is 10.8. The smallest absolute Gasteiger partial charge is 0.322 e. The van der Waals surface area contributed by atoms with E-state index >= 15 is 0 Å². The third kappa shape index (κ3) is 7.25. The first-order valence-corrected chi connectivity index (χ1v) is 10.8. The summed E-state index contributed by atoms with van der Waals surface area (Å²) in [5, 5.41) is 2.94. The molecule has 0 saturated carbocycles. The van der Waals surface area contributed by atoms with Crippen LogP contribution in [0.5, 0.6) is 0 Å². The molecule has 0 saturated heterocycles. The summed E-state index contributed by atoms with van der Waals surface area (Å²) in [6, 6.07) is 11.5. The third-order valence-electron chi connectivity index (χ3n) is 5.01. The van der Waals surface area contributed by atoms with Crippen LogP contribution in [0, 0.1) is 12.8 Å². The third-order valence-corrected chi connectivity index (χ3v) is 5.01. The van der Waals surface area contributed by atoms with Crippen LogP contribution in [0.4, 0.5) is 10.5 Å². The van der Waals surface area contributed by atoms with E-state index in [-0.39, 0.29) is 24.4 Å². The lowest BCUT2D eigenvalue weighted by molar-refractivity contribution is -0.132. The Morgan fingerprint density at radius 1 is 1.13 bits per heavy atom. The Morgan fingerprint density at radius 3 is 2.50 bits per heavy atom. The van der Waals surface area contributed by atoms with Crippen molar-refractivity contribution >= 4 is 17.6 Å². The average molecular weight is 413 g/mol. The van der Waals surface area contributed by atoms with Crippen molar-refractivity contribution in [2.24, 2.45) is 13.0 Å². The quantitative estimate of drug-likeness (QED) is 0.617. The van der Waals surface area contributed by atoms with Gasteiger partial charge in [0, 0.05) is 37.7 Å². The van der Waals surface area contributed by atoms with Gasteiger partial charge in [-0.2, -0.15) is 0 Å². The van der Waals surface area contributed by atoms with Gasteiger partial charge in [0.05, 0.1) is 6.54 Å². The molecule has 6 heteroatoms. The molecule has 2 rings (SSSR count). The number of rotatable bonds is 10. The van der Waals surface area contributed by atoms with Gasteiger partial charge in [-0.1, -0.05) is 39.3 Å². The molecule has 0 aliphatic carbocycles. The molecule has 0 bridgehead atoms. The van der Waals surface area contributed by atoms with Crippen LogP contribution in [-0.4, -0.2) is 45.9 Å². The fourth-order valence-electron chi connectivity index (χ4n) is 3.35. The van der Waals surface area contributed by atoms with Gasteiger partial charge in [-0.05, 0) is 49.1 Å². The van der Waals surface area contributed by atoms with Crippen molar-refractivity contribution in [3.05, 3.63) is 53.9 Å². The lowest BCUT2D eigenvalue weighted by Crippen LogP contribution is -2.46. The summed E-state index contributed by atoms with van der Waals surface area (Å²) >= 11 is 0. The minimum Gasteiger partial charge on any atom is -0.353 e. The summed E-state index contributed by atoms with van der Waals surface area (Å²) in [5.74, 6) is 0.239. The number of aryl methyl sites for hydroxylation is 2. The Labute approximate surface area is 180 Å². The molecule has 0 fully saturated rings. The van der Waals surface area contributed by atoms with Crippen molar-refractivity contribution in [3.8, 4) is 0 Å². The maximum absolute atomic E-state index is 13.2. The Hall–Kier alpha value is -2.76. The van der Waals surface area contributed by atoms with E-state index in [0.29, 0.717) is 19.6 Å². The predicted molar refractivity (Wildman–Crippen MR) is 122 cm³/mol. The molecular formula is C24H36N4O2. The van der Waals surface area contributed by atoms with Gasteiger partial charge < -0.3 is 19.7 Å². The Kier molecular flexibility index (Phi) is 8.96. The molecule has 164 valence electrons. The molecule has 0 atom stereocenters. The van der Waals surface area contributed by atoms with Crippen LogP contribution in [-0.2, 0) is 18.4 Å². The molecule has 1 heterocycles. The predicted octanol–water partition coefficient (Wildman–Crippen LogP) is 4.65. The summed E-state index contributed by atoms with van der Waals surface area (Å²) in [7, 11) is 1.98. The lowest BCUT2D eigenvalue weighted by atomic mass is 10.2. The topological polar surface area (TPSA) is 57.6 Å². The zero-order valence-corrected chi connectivity index (χ0v) is 19.0. The van der Waals surface area contributed by atoms with Crippen LogP contribution in [0.2, 0.25) is 0 Å². The number of hydrogen-bond acceptors (Lipinski definition) is 2. The molecule has 1 N–H and O–H groups in total. The maximum Gasteiger partial charge on any atom is 0.322 e. The van der Waals surface area contributed by atoms with E-state index in [9.17, 15) is 9.59 Å². The van der Waals surface area contributed by atoms with E-state index < -0.39 is 0 Å². The number of unbranched alkanes of at least 4 members (excludes halogenated alkanes) is 1. The second kappa shape index (κ2) is 11.4. The van der Waals surface area contributed by atoms with E-state index in [1.807, 2.05) is 66.0 Å². The standard InChI is InChI=1S/C24H36N4O2/c1-6-7-14-27(17-22-12-9-13-26(22)5)23(29)18-28(16-19(2)3)24(30)25-21-11-8-10-20(4)15-21/h8-13,15,19H,6-7,14,16-18H2,1-5H3,(H,25,30). The van der Waals surface area contributed by atoms with Crippen LogP contribution in [0.25, 0.3) is 0 Å². The number of benzene rings is 1. The van der Waals surface area contributed by atoms with Crippen LogP contribution in [0.1, 0.15) is 44.9 Å². The number of carbonyl (C=O) groups is 2. The van der Waals surface area contributed by atoms with E-state index in [1.165, 1.54) is 0 Å². The van der Waals surface area contributed by atoms with Crippen LogP contribution < -0.4 is 5.32 Å². The fraction of sp³-hybridized carbons (Fsp3) is 0.500. The number of anilines is 1. The number of aromatic nitrogens is 1. The molecule has 0 aliphatic heterocycles. The van der Waals surface area contributed by atoms with Gasteiger partial charge in [-0.25, -0.2) is 4.79 Å². The van der Waals surface area contributed by atoms with Crippen molar-refractivity contribution in [2.75, 3.05) is 25.0 Å². The minimum absolute atomic E-state index is 0.0234. The lowest BCUT2D eigenvalue weighted by Gasteiger charge is -2.29. The SMILES string of the molecule is CCCCN(Cc1cccn1C)C(=O)CN(CC(C)C)C(=O)Nc1cccc(C)c1. The largest absolute Gasteiger partial charge is 0.353 e. The number of amides is 3. The molecule has 1 aromatic heterocycles. The molecular weight excluding hydrogens is 376 g/mol. The van der Waals surface area contributed by atoms with Crippen molar-refractivity contribution in [3.63, 3.8) is 0 Å². The van der Waals surface area contributed by atoms with E-state index in [2.05, 4.69) is 26.1 Å². The zero-order valence-electron chi connectivity index (χ0n) is 19.0. The van der Waals surface area contributed by atoms with Crippen LogP contribution >= 0.6 is 0 Å². The summed E-state index contributed by atoms with van der Waals surface area (Å²) < 4.78 is 2.03. The van der Waals surface area contributed by atoms with Crippen molar-refractivity contribution < 1.29 is 9.59 Å². The average Bonchev–Trinajstić information content (AvgIpc) is 3.08. The monoisotopic (exact) mass is 412 g/mol. The Bertz CT molecular complexity index is 828. The highest BCUT2D eigenvalue weighted by atomic mass is 16.2. The molecule has 0 spiro atoms. The highest BCUT2D eigenvalue weighted by molar-refractivity contribution is 5.92. The highest BCUT2D eigenvalue weighted by Crippen LogP contribution is 2.13. The molecule has 2 aromatic rings. The molecule has 0 unspecified atom stereocenters. The Morgan fingerprint density at radius 2 is 1.90 bits per heavy atom.